The van der Waals surface area contributed by atoms with Gasteiger partial charge in [-0.3, -0.25) is 9.59 Å². The van der Waals surface area contributed by atoms with E-state index in [4.69, 9.17) is 16.3 Å². The van der Waals surface area contributed by atoms with E-state index < -0.39 is 34.3 Å². The predicted molar refractivity (Wildman–Crippen MR) is 90.3 cm³/mol. The number of nitrogens with one attached hydrogen (secondary N) is 1. The topological polar surface area (TPSA) is 60.3 Å². The van der Waals surface area contributed by atoms with Crippen LogP contribution in [0, 0.1) is 0 Å². The number of methoxy groups -OCH3 is 1. The monoisotopic (exact) mass is 388 g/mol. The molecule has 0 spiro atoms. The van der Waals surface area contributed by atoms with Crippen LogP contribution < -0.4 is 15.6 Å². The van der Waals surface area contributed by atoms with E-state index in [1.165, 1.54) is 14.0 Å². The Morgan fingerprint density at radius 2 is 1.92 bits per heavy atom. The van der Waals surface area contributed by atoms with Crippen LogP contribution in [-0.4, -0.2) is 17.6 Å². The van der Waals surface area contributed by atoms with Crippen molar-refractivity contribution in [3.63, 3.8) is 0 Å². The molecule has 0 aliphatic rings. The first kappa shape index (κ1) is 19.8. The maximum Gasteiger partial charge on any atom is 0.417 e. The summed E-state index contributed by atoms with van der Waals surface area (Å²) >= 11 is 5.60. The van der Waals surface area contributed by atoms with Gasteiger partial charge in [0.1, 0.15) is 16.8 Å². The molecule has 140 valence electrons. The number of hydrogen-bond donors (Lipinski definition) is 1. The molecule has 0 bridgehead atoms. The summed E-state index contributed by atoms with van der Waals surface area (Å²) in [6, 6.07) is 6.26. The van der Waals surface area contributed by atoms with Gasteiger partial charge in [0.2, 0.25) is 5.91 Å². The molecule has 1 aromatic heterocycles. The number of rotatable bonds is 5. The largest absolute Gasteiger partial charge is 0.497 e. The molecule has 5 nitrogen and oxygen atoms in total. The molecule has 0 saturated heterocycles. The molecule has 1 N–H and O–H groups in total. The lowest BCUT2D eigenvalue weighted by molar-refractivity contribution is -0.138. The van der Waals surface area contributed by atoms with Crippen molar-refractivity contribution in [3.05, 3.63) is 63.0 Å². The molecule has 1 atom stereocenters. The van der Waals surface area contributed by atoms with Gasteiger partial charge in [-0.05, 0) is 30.7 Å². The van der Waals surface area contributed by atoms with Crippen LogP contribution in [0.4, 0.5) is 13.2 Å². The van der Waals surface area contributed by atoms with Crippen LogP contribution in [0.25, 0.3) is 0 Å². The number of halogens is 4. The molecule has 2 rings (SSSR count). The minimum Gasteiger partial charge on any atom is -0.497 e. The van der Waals surface area contributed by atoms with Gasteiger partial charge in [-0.1, -0.05) is 23.7 Å². The highest BCUT2D eigenvalue weighted by Gasteiger charge is 2.33. The normalized spacial score (nSPS) is 12.5. The smallest absolute Gasteiger partial charge is 0.417 e. The Hall–Kier alpha value is -2.48. The number of aromatic nitrogens is 1. The van der Waals surface area contributed by atoms with Crippen LogP contribution in [0.5, 0.6) is 5.75 Å². The third-order valence-corrected chi connectivity index (χ3v) is 4.02. The number of carbonyl (C=O) groups is 1. The molecule has 0 aliphatic carbocycles. The lowest BCUT2D eigenvalue weighted by Gasteiger charge is -2.17. The summed E-state index contributed by atoms with van der Waals surface area (Å²) in [4.78, 5) is 24.3. The van der Waals surface area contributed by atoms with Crippen molar-refractivity contribution in [2.75, 3.05) is 7.11 Å². The first-order chi connectivity index (χ1) is 12.1. The highest BCUT2D eigenvalue weighted by molar-refractivity contribution is 6.30. The Labute approximate surface area is 152 Å². The molecule has 0 fully saturated rings. The minimum atomic E-state index is -4.68. The molecule has 1 aromatic carbocycles. The van der Waals surface area contributed by atoms with Crippen LogP contribution >= 0.6 is 11.6 Å². The molecule has 0 radical (unpaired) electrons. The number of pyridine rings is 1. The number of nitrogens with zero attached hydrogens (tertiary/aromatic N) is 1. The van der Waals surface area contributed by atoms with E-state index in [1.807, 2.05) is 0 Å². The molecule has 0 saturated carbocycles. The number of carbonyl (C=O) groups excluding carboxylic acids is 1. The zero-order valence-corrected chi connectivity index (χ0v) is 14.7. The van der Waals surface area contributed by atoms with Gasteiger partial charge in [-0.25, -0.2) is 0 Å². The fourth-order valence-electron chi connectivity index (χ4n) is 2.22. The number of ether oxygens (including phenoxy) is 1. The quantitative estimate of drug-likeness (QED) is 0.854. The molecule has 1 heterocycles. The molecule has 1 amide bonds. The van der Waals surface area contributed by atoms with E-state index in [-0.39, 0.29) is 6.54 Å². The van der Waals surface area contributed by atoms with Crippen LogP contribution in [0.15, 0.2) is 41.3 Å². The first-order valence-corrected chi connectivity index (χ1v) is 7.91. The van der Waals surface area contributed by atoms with Gasteiger partial charge < -0.3 is 14.6 Å². The standard InChI is InChI=1S/C17H16ClF3N2O3/c1-10(15(24)22-8-11-3-5-13(26-2)6-4-11)23-9-12(17(19,20)21)7-14(18)16(23)25/h3-7,9-10H,8H2,1-2H3,(H,22,24)/t10-/m1/s1. The Morgan fingerprint density at radius 3 is 2.46 bits per heavy atom. The minimum absolute atomic E-state index is 0.147. The van der Waals surface area contributed by atoms with Gasteiger partial charge >= 0.3 is 6.18 Å². The fourth-order valence-corrected chi connectivity index (χ4v) is 2.43. The molecule has 0 unspecified atom stereocenters. The van der Waals surface area contributed by atoms with E-state index in [1.54, 1.807) is 24.3 Å². The second-order valence-corrected chi connectivity index (χ2v) is 5.94. The van der Waals surface area contributed by atoms with Gasteiger partial charge in [0, 0.05) is 12.7 Å². The predicted octanol–water partition coefficient (Wildman–Crippen LogP) is 3.41. The zero-order chi connectivity index (χ0) is 19.5. The summed E-state index contributed by atoms with van der Waals surface area (Å²) < 4.78 is 44.4. The highest BCUT2D eigenvalue weighted by Crippen LogP contribution is 2.30. The number of alkyl halides is 3. The lowest BCUT2D eigenvalue weighted by Crippen LogP contribution is -2.36. The summed E-state index contributed by atoms with van der Waals surface area (Å²) in [5.74, 6) is 0.0388. The van der Waals surface area contributed by atoms with Crippen molar-refractivity contribution in [1.82, 2.24) is 9.88 Å². The number of benzene rings is 1. The second kappa shape index (κ2) is 7.82. The second-order valence-electron chi connectivity index (χ2n) is 5.53. The highest BCUT2D eigenvalue weighted by atomic mass is 35.5. The van der Waals surface area contributed by atoms with Gasteiger partial charge in [-0.15, -0.1) is 0 Å². The fraction of sp³-hybridized carbons (Fsp3) is 0.294. The molecule has 9 heteroatoms. The number of amides is 1. The van der Waals surface area contributed by atoms with E-state index in [0.29, 0.717) is 22.6 Å². The van der Waals surface area contributed by atoms with E-state index >= 15 is 0 Å². The van der Waals surface area contributed by atoms with Crippen molar-refractivity contribution in [2.45, 2.75) is 25.7 Å². The Bertz CT molecular complexity index is 848. The maximum atomic E-state index is 12.9. The Kier molecular flexibility index (Phi) is 5.97. The molecule has 0 aliphatic heterocycles. The average molecular weight is 389 g/mol. The lowest BCUT2D eigenvalue weighted by atomic mass is 10.2. The average Bonchev–Trinajstić information content (AvgIpc) is 2.60. The third-order valence-electron chi connectivity index (χ3n) is 3.75. The Morgan fingerprint density at radius 1 is 1.31 bits per heavy atom. The van der Waals surface area contributed by atoms with Gasteiger partial charge in [-0.2, -0.15) is 13.2 Å². The van der Waals surface area contributed by atoms with Gasteiger partial charge in [0.15, 0.2) is 0 Å². The zero-order valence-electron chi connectivity index (χ0n) is 13.9. The van der Waals surface area contributed by atoms with Gasteiger partial charge in [0.25, 0.3) is 5.56 Å². The van der Waals surface area contributed by atoms with Crippen LogP contribution in [0.3, 0.4) is 0 Å². The van der Waals surface area contributed by atoms with Crippen molar-refractivity contribution < 1.29 is 22.7 Å². The van der Waals surface area contributed by atoms with E-state index in [0.717, 1.165) is 5.56 Å². The van der Waals surface area contributed by atoms with Crippen molar-refractivity contribution in [2.24, 2.45) is 0 Å². The first-order valence-electron chi connectivity index (χ1n) is 7.53. The Balaban J connectivity index is 2.16. The van der Waals surface area contributed by atoms with Gasteiger partial charge in [0.05, 0.1) is 12.7 Å². The molecule has 2 aromatic rings. The molecular formula is C17H16ClF3N2O3. The molecular weight excluding hydrogens is 373 g/mol. The summed E-state index contributed by atoms with van der Waals surface area (Å²) in [6.45, 7) is 1.47. The van der Waals surface area contributed by atoms with Crippen LogP contribution in [0.2, 0.25) is 5.02 Å². The third kappa shape index (κ3) is 4.57. The van der Waals surface area contributed by atoms with Crippen molar-refractivity contribution >= 4 is 17.5 Å². The summed E-state index contributed by atoms with van der Waals surface area (Å²) in [6.07, 6.45) is -4.09. The summed E-state index contributed by atoms with van der Waals surface area (Å²) in [5, 5.41) is 1.97. The summed E-state index contributed by atoms with van der Waals surface area (Å²) in [7, 11) is 1.52. The van der Waals surface area contributed by atoms with E-state index in [9.17, 15) is 22.8 Å². The SMILES string of the molecule is COc1ccc(CNC(=O)[C@@H](C)n2cc(C(F)(F)F)cc(Cl)c2=O)cc1. The van der Waals surface area contributed by atoms with Crippen molar-refractivity contribution in [3.8, 4) is 5.75 Å². The van der Waals surface area contributed by atoms with Crippen LogP contribution in [0.1, 0.15) is 24.1 Å². The summed E-state index contributed by atoms with van der Waals surface area (Å²) in [5.41, 5.74) is -1.20. The number of hydrogen-bond acceptors (Lipinski definition) is 3. The molecule has 26 heavy (non-hydrogen) atoms. The van der Waals surface area contributed by atoms with E-state index in [2.05, 4.69) is 5.32 Å². The van der Waals surface area contributed by atoms with Crippen molar-refractivity contribution in [1.29, 1.82) is 0 Å². The maximum absolute atomic E-state index is 12.9. The van der Waals surface area contributed by atoms with Crippen LogP contribution in [-0.2, 0) is 17.5 Å².